The molecule has 4 aliphatic rings. The van der Waals surface area contributed by atoms with Crippen molar-refractivity contribution < 1.29 is 0 Å². The number of hydrogen-bond acceptors (Lipinski definition) is 3. The Morgan fingerprint density at radius 1 is 1.05 bits per heavy atom. The molecule has 1 aromatic heterocycles. The summed E-state index contributed by atoms with van der Waals surface area (Å²) in [6, 6.07) is 7.99. The van der Waals surface area contributed by atoms with Gasteiger partial charge in [0.15, 0.2) is 0 Å². The minimum absolute atomic E-state index is 0.308. The zero-order chi connectivity index (χ0) is 14.7. The van der Waals surface area contributed by atoms with Gasteiger partial charge in [0.2, 0.25) is 0 Å². The summed E-state index contributed by atoms with van der Waals surface area (Å²) < 4.78 is 2.05. The van der Waals surface area contributed by atoms with E-state index >= 15 is 0 Å². The Morgan fingerprint density at radius 3 is 2.36 bits per heavy atom. The molecule has 22 heavy (non-hydrogen) atoms. The lowest BCUT2D eigenvalue weighted by Gasteiger charge is -2.56. The molecule has 4 heteroatoms. The van der Waals surface area contributed by atoms with E-state index in [4.69, 9.17) is 5.73 Å². The Bertz CT molecular complexity index is 682. The molecule has 2 N–H and O–H groups in total. The molecule has 4 saturated carbocycles. The maximum atomic E-state index is 5.96. The molecule has 1 heterocycles. The normalized spacial score (nSPS) is 35.9. The lowest BCUT2D eigenvalue weighted by molar-refractivity contribution is -0.00827. The lowest BCUT2D eigenvalue weighted by atomic mass is 9.49. The Hall–Kier alpha value is -1.84. The molecular formula is C18H22N4. The molecule has 0 atom stereocenters. The van der Waals surface area contributed by atoms with Gasteiger partial charge >= 0.3 is 0 Å². The molecule has 0 amide bonds. The van der Waals surface area contributed by atoms with E-state index in [1.54, 1.807) is 0 Å². The van der Waals surface area contributed by atoms with Gasteiger partial charge in [-0.05, 0) is 74.5 Å². The van der Waals surface area contributed by atoms with Crippen LogP contribution in [0.5, 0.6) is 0 Å². The van der Waals surface area contributed by atoms with E-state index in [-0.39, 0.29) is 0 Å². The molecule has 0 saturated heterocycles. The third-order valence-electron chi connectivity index (χ3n) is 6.25. The van der Waals surface area contributed by atoms with Crippen LogP contribution in [-0.4, -0.2) is 15.0 Å². The molecule has 4 fully saturated rings. The van der Waals surface area contributed by atoms with E-state index in [0.717, 1.165) is 29.1 Å². The molecule has 0 unspecified atom stereocenters. The highest BCUT2D eigenvalue weighted by Gasteiger charge is 2.53. The Kier molecular flexibility index (Phi) is 2.50. The Labute approximate surface area is 130 Å². The average molecular weight is 294 g/mol. The smallest absolute Gasteiger partial charge is 0.0735 e. The fraction of sp³-hybridized carbons (Fsp3) is 0.556. The summed E-state index contributed by atoms with van der Waals surface area (Å²) >= 11 is 0. The van der Waals surface area contributed by atoms with Crippen LogP contribution < -0.4 is 5.73 Å². The number of aromatic nitrogens is 3. The van der Waals surface area contributed by atoms with Crippen molar-refractivity contribution >= 4 is 5.69 Å². The molecule has 4 nitrogen and oxygen atoms in total. The van der Waals surface area contributed by atoms with Gasteiger partial charge < -0.3 is 5.73 Å². The minimum Gasteiger partial charge on any atom is -0.399 e. The highest BCUT2D eigenvalue weighted by molar-refractivity contribution is 5.48. The van der Waals surface area contributed by atoms with Gasteiger partial charge in [-0.2, -0.15) is 0 Å². The van der Waals surface area contributed by atoms with Crippen molar-refractivity contribution in [3.63, 3.8) is 0 Å². The SMILES string of the molecule is Nc1cccc(-n2nncc2C23CC4CC(CC(C4)C2)C3)c1. The molecule has 0 radical (unpaired) electrons. The van der Waals surface area contributed by atoms with Gasteiger partial charge in [0, 0.05) is 11.1 Å². The van der Waals surface area contributed by atoms with Gasteiger partial charge in [0.1, 0.15) is 0 Å². The van der Waals surface area contributed by atoms with Crippen LogP contribution >= 0.6 is 0 Å². The first-order chi connectivity index (χ1) is 10.7. The van der Waals surface area contributed by atoms with E-state index < -0.39 is 0 Å². The number of nitrogen functional groups attached to an aromatic ring is 1. The monoisotopic (exact) mass is 294 g/mol. The van der Waals surface area contributed by atoms with Crippen molar-refractivity contribution in [2.45, 2.75) is 43.9 Å². The first-order valence-corrected chi connectivity index (χ1v) is 8.49. The first-order valence-electron chi connectivity index (χ1n) is 8.49. The second-order valence-corrected chi connectivity index (χ2v) is 7.82. The molecule has 2 aromatic rings. The zero-order valence-corrected chi connectivity index (χ0v) is 12.8. The maximum absolute atomic E-state index is 5.96. The fourth-order valence-corrected chi connectivity index (χ4v) is 5.87. The molecule has 114 valence electrons. The fourth-order valence-electron chi connectivity index (χ4n) is 5.87. The number of nitrogens with two attached hydrogens (primary N) is 1. The molecular weight excluding hydrogens is 272 g/mol. The highest BCUT2D eigenvalue weighted by atomic mass is 15.4. The van der Waals surface area contributed by atoms with Gasteiger partial charge in [-0.1, -0.05) is 11.3 Å². The largest absolute Gasteiger partial charge is 0.399 e. The van der Waals surface area contributed by atoms with Crippen LogP contribution in [0.15, 0.2) is 30.5 Å². The van der Waals surface area contributed by atoms with Crippen molar-refractivity contribution in [1.29, 1.82) is 0 Å². The van der Waals surface area contributed by atoms with Gasteiger partial charge in [-0.25, -0.2) is 4.68 Å². The van der Waals surface area contributed by atoms with E-state index in [2.05, 4.69) is 16.4 Å². The topological polar surface area (TPSA) is 56.7 Å². The van der Waals surface area contributed by atoms with Crippen LogP contribution in [0, 0.1) is 17.8 Å². The molecule has 0 aliphatic heterocycles. The summed E-state index contributed by atoms with van der Waals surface area (Å²) in [5.41, 5.74) is 9.41. The Balaban J connectivity index is 1.61. The molecule has 0 spiro atoms. The van der Waals surface area contributed by atoms with Crippen molar-refractivity contribution in [2.24, 2.45) is 17.8 Å². The van der Waals surface area contributed by atoms with Crippen LogP contribution in [0.25, 0.3) is 5.69 Å². The average Bonchev–Trinajstić information content (AvgIpc) is 2.96. The van der Waals surface area contributed by atoms with E-state index in [1.807, 2.05) is 29.1 Å². The summed E-state index contributed by atoms with van der Waals surface area (Å²) in [6.07, 6.45) is 10.4. The molecule has 1 aromatic carbocycles. The van der Waals surface area contributed by atoms with Gasteiger partial charge in [0.25, 0.3) is 0 Å². The summed E-state index contributed by atoms with van der Waals surface area (Å²) in [5, 5.41) is 8.65. The lowest BCUT2D eigenvalue weighted by Crippen LogP contribution is -2.49. The second kappa shape index (κ2) is 4.34. The van der Waals surface area contributed by atoms with Gasteiger partial charge in [0.05, 0.1) is 17.6 Å². The number of anilines is 1. The molecule has 4 bridgehead atoms. The highest BCUT2D eigenvalue weighted by Crippen LogP contribution is 2.60. The van der Waals surface area contributed by atoms with E-state index in [0.29, 0.717) is 5.41 Å². The van der Waals surface area contributed by atoms with Crippen LogP contribution in [0.3, 0.4) is 0 Å². The van der Waals surface area contributed by atoms with E-state index in [1.165, 1.54) is 44.2 Å². The predicted octanol–water partition coefficient (Wildman–Crippen LogP) is 3.32. The van der Waals surface area contributed by atoms with Crippen molar-refractivity contribution in [3.8, 4) is 5.69 Å². The van der Waals surface area contributed by atoms with Crippen molar-refractivity contribution in [2.75, 3.05) is 5.73 Å². The third-order valence-corrected chi connectivity index (χ3v) is 6.25. The third kappa shape index (κ3) is 1.76. The summed E-state index contributed by atoms with van der Waals surface area (Å²) in [7, 11) is 0. The van der Waals surface area contributed by atoms with Crippen LogP contribution in [0.1, 0.15) is 44.2 Å². The number of hydrogen-bond donors (Lipinski definition) is 1. The summed E-state index contributed by atoms with van der Waals surface area (Å²) in [6.45, 7) is 0. The number of nitrogens with zero attached hydrogens (tertiary/aromatic N) is 3. The minimum atomic E-state index is 0.308. The van der Waals surface area contributed by atoms with Crippen molar-refractivity contribution in [1.82, 2.24) is 15.0 Å². The number of benzene rings is 1. The summed E-state index contributed by atoms with van der Waals surface area (Å²) in [5.74, 6) is 2.78. The Morgan fingerprint density at radius 2 is 1.73 bits per heavy atom. The molecule has 6 rings (SSSR count). The van der Waals surface area contributed by atoms with Crippen LogP contribution in [-0.2, 0) is 5.41 Å². The summed E-state index contributed by atoms with van der Waals surface area (Å²) in [4.78, 5) is 0. The predicted molar refractivity (Wildman–Crippen MR) is 85.6 cm³/mol. The maximum Gasteiger partial charge on any atom is 0.0735 e. The first kappa shape index (κ1) is 12.7. The number of rotatable bonds is 2. The molecule has 4 aliphatic carbocycles. The van der Waals surface area contributed by atoms with Gasteiger partial charge in [-0.3, -0.25) is 0 Å². The quantitative estimate of drug-likeness (QED) is 0.864. The van der Waals surface area contributed by atoms with Gasteiger partial charge in [-0.15, -0.1) is 5.10 Å². The van der Waals surface area contributed by atoms with Crippen molar-refractivity contribution in [3.05, 3.63) is 36.2 Å². The second-order valence-electron chi connectivity index (χ2n) is 7.82. The zero-order valence-electron chi connectivity index (χ0n) is 12.8. The van der Waals surface area contributed by atoms with Crippen LogP contribution in [0.2, 0.25) is 0 Å². The van der Waals surface area contributed by atoms with Crippen LogP contribution in [0.4, 0.5) is 5.69 Å². The standard InChI is InChI=1S/C18H22N4/c19-15-2-1-3-16(7-15)22-17(11-20-21-22)18-8-12-4-13(9-18)6-14(5-12)10-18/h1-3,7,11-14H,4-6,8-10,19H2. The van der Waals surface area contributed by atoms with E-state index in [9.17, 15) is 0 Å².